The third-order valence-electron chi connectivity index (χ3n) is 15.6. The summed E-state index contributed by atoms with van der Waals surface area (Å²) in [5.74, 6) is -4.92. The highest BCUT2D eigenvalue weighted by molar-refractivity contribution is 6.12. The summed E-state index contributed by atoms with van der Waals surface area (Å²) in [5, 5.41) is 23.8. The van der Waals surface area contributed by atoms with Crippen LogP contribution in [-0.4, -0.2) is 190 Å². The second-order valence-corrected chi connectivity index (χ2v) is 20.9. The quantitative estimate of drug-likeness (QED) is 0.0750. The number of piperidine rings is 1. The number of rotatable bonds is 30. The fraction of sp³-hybridized carbons (Fsp3) is 0.667. The Bertz CT molecular complexity index is 2350. The first-order valence-corrected chi connectivity index (χ1v) is 26.8. The number of nitrogens with one attached hydrogen (secondary N) is 2. The Morgan fingerprint density at radius 2 is 1.58 bits per heavy atom. The maximum absolute atomic E-state index is 14.7. The van der Waals surface area contributed by atoms with Crippen molar-refractivity contribution in [3.8, 4) is 0 Å². The van der Waals surface area contributed by atoms with Crippen LogP contribution in [0.4, 0.5) is 0 Å². The van der Waals surface area contributed by atoms with Crippen molar-refractivity contribution in [1.82, 2.24) is 45.2 Å². The molecule has 2 aromatic rings. The number of carboxylic acids is 1. The number of fused-ring (bicyclic) bond motifs is 2. The summed E-state index contributed by atoms with van der Waals surface area (Å²) in [5.41, 5.74) is 1.23. The standard InChI is InChI=1S/C54H79N9O13/c1-9-34(4)48(42(73-7)30-46(67)61-22-13-16-41(61)50(74-8)35(5)51(68)55-40(54(71)72)28-36-14-11-10-12-15-36)59(6)53(70)47(33(2)3)56-52(69)49-37-17-18-39(29-37)63(49)45(66)21-24-75-26-27-76-25-23-60-31-38(57-58-60)32-62-43(64)19-20-44(62)65/h10-12,14-15,19-20,31,33-35,37,39-42,47-50H,9,13,16-18,21-30,32H2,1-8H3,(H,55,68)(H,56,69)(H,71,72)/t34-,35+,37?,39-,40-,41-,42+,47-,48-,49-,50+/m0/s1. The number of amides is 7. The number of likely N-dealkylation sites (N-methyl/N-ethyl adjacent to an activating group) is 1. The maximum atomic E-state index is 14.7. The van der Waals surface area contributed by atoms with E-state index in [4.69, 9.17) is 18.9 Å². The number of aromatic nitrogens is 3. The van der Waals surface area contributed by atoms with Crippen molar-refractivity contribution in [3.63, 3.8) is 0 Å². The second-order valence-electron chi connectivity index (χ2n) is 20.9. The molecule has 2 bridgehead atoms. The monoisotopic (exact) mass is 1060 g/mol. The van der Waals surface area contributed by atoms with Crippen LogP contribution in [0.25, 0.3) is 0 Å². The van der Waals surface area contributed by atoms with E-state index in [1.807, 2.05) is 33.8 Å². The first-order chi connectivity index (χ1) is 36.4. The van der Waals surface area contributed by atoms with Crippen molar-refractivity contribution in [3.05, 3.63) is 59.9 Å². The molecule has 0 radical (unpaired) electrons. The van der Waals surface area contributed by atoms with E-state index in [1.54, 1.807) is 63.8 Å². The van der Waals surface area contributed by atoms with Crippen LogP contribution in [0.15, 0.2) is 48.7 Å². The molecule has 0 spiro atoms. The van der Waals surface area contributed by atoms with Gasteiger partial charge in [-0.15, -0.1) is 5.10 Å². The average Bonchev–Trinajstić information content (AvgIpc) is 4.28. The molecule has 418 valence electrons. The third-order valence-corrected chi connectivity index (χ3v) is 15.6. The topological polar surface area (TPSA) is 261 Å². The van der Waals surface area contributed by atoms with Gasteiger partial charge >= 0.3 is 5.97 Å². The number of aliphatic carboxylic acids is 1. The Hall–Kier alpha value is -6.10. The summed E-state index contributed by atoms with van der Waals surface area (Å²) < 4.78 is 25.0. The highest BCUT2D eigenvalue weighted by Crippen LogP contribution is 2.43. The number of hydrogen-bond acceptors (Lipinski definition) is 14. The van der Waals surface area contributed by atoms with Crippen LogP contribution in [0, 0.1) is 23.7 Å². The molecule has 1 aliphatic carbocycles. The van der Waals surface area contributed by atoms with Crippen LogP contribution in [-0.2, 0) is 76.8 Å². The maximum Gasteiger partial charge on any atom is 0.326 e. The van der Waals surface area contributed by atoms with Gasteiger partial charge in [0.25, 0.3) is 11.8 Å². The van der Waals surface area contributed by atoms with Crippen LogP contribution in [0.3, 0.4) is 0 Å². The Labute approximate surface area is 445 Å². The van der Waals surface area contributed by atoms with Crippen molar-refractivity contribution in [2.24, 2.45) is 23.7 Å². The Balaban J connectivity index is 1.00. The second kappa shape index (κ2) is 27.8. The van der Waals surface area contributed by atoms with Crippen LogP contribution < -0.4 is 10.6 Å². The molecule has 76 heavy (non-hydrogen) atoms. The van der Waals surface area contributed by atoms with Gasteiger partial charge in [0, 0.05) is 52.4 Å². The number of carboxylic acid groups (broad SMARTS) is 1. The number of nitrogens with zero attached hydrogens (tertiary/aromatic N) is 7. The number of carbonyl (C=O) groups is 8. The molecular formula is C54H79N9O13. The molecule has 1 aromatic heterocycles. The van der Waals surface area contributed by atoms with E-state index in [1.165, 1.54) is 26.4 Å². The highest BCUT2D eigenvalue weighted by atomic mass is 16.5. The minimum atomic E-state index is -1.16. The van der Waals surface area contributed by atoms with Crippen molar-refractivity contribution in [1.29, 1.82) is 0 Å². The van der Waals surface area contributed by atoms with Gasteiger partial charge in [-0.2, -0.15) is 0 Å². The smallest absolute Gasteiger partial charge is 0.326 e. The number of hydrogen-bond donors (Lipinski definition) is 3. The number of carbonyl (C=O) groups excluding carboxylic acids is 7. The molecule has 4 heterocycles. The number of ether oxygens (including phenoxy) is 4. The highest BCUT2D eigenvalue weighted by Gasteiger charge is 2.52. The molecule has 2 saturated heterocycles. The van der Waals surface area contributed by atoms with Gasteiger partial charge < -0.3 is 49.4 Å². The molecule has 4 aliphatic rings. The van der Waals surface area contributed by atoms with E-state index >= 15 is 0 Å². The van der Waals surface area contributed by atoms with Gasteiger partial charge in [-0.3, -0.25) is 38.5 Å². The lowest BCUT2D eigenvalue weighted by Gasteiger charge is -2.41. The minimum absolute atomic E-state index is 0.0304. The fourth-order valence-corrected chi connectivity index (χ4v) is 11.4. The van der Waals surface area contributed by atoms with Crippen molar-refractivity contribution < 1.29 is 62.4 Å². The molecule has 1 saturated carbocycles. The van der Waals surface area contributed by atoms with E-state index in [0.717, 1.165) is 23.3 Å². The lowest BCUT2D eigenvalue weighted by atomic mass is 9.89. The number of likely N-dealkylation sites (tertiary alicyclic amines) is 2. The van der Waals surface area contributed by atoms with E-state index in [-0.39, 0.29) is 93.1 Å². The Kier molecular flexibility index (Phi) is 21.6. The largest absolute Gasteiger partial charge is 0.480 e. The average molecular weight is 1060 g/mol. The summed E-state index contributed by atoms with van der Waals surface area (Å²) in [6, 6.07) is 5.05. The minimum Gasteiger partial charge on any atom is -0.480 e. The van der Waals surface area contributed by atoms with Gasteiger partial charge in [0.2, 0.25) is 29.5 Å². The van der Waals surface area contributed by atoms with Gasteiger partial charge in [-0.1, -0.05) is 76.6 Å². The number of methoxy groups -OCH3 is 2. The molecule has 22 heteroatoms. The first kappa shape index (κ1) is 59.1. The first-order valence-electron chi connectivity index (χ1n) is 26.8. The zero-order chi connectivity index (χ0) is 55.2. The third kappa shape index (κ3) is 14.7. The van der Waals surface area contributed by atoms with E-state index in [9.17, 15) is 43.5 Å². The summed E-state index contributed by atoms with van der Waals surface area (Å²) in [6.45, 7) is 11.1. The Morgan fingerprint density at radius 1 is 0.882 bits per heavy atom. The van der Waals surface area contributed by atoms with Crippen LogP contribution in [0.1, 0.15) is 97.2 Å². The molecule has 3 aliphatic heterocycles. The van der Waals surface area contributed by atoms with Crippen molar-refractivity contribution >= 4 is 47.3 Å². The molecular weight excluding hydrogens is 983 g/mol. The van der Waals surface area contributed by atoms with Crippen molar-refractivity contribution in [2.45, 2.75) is 154 Å². The zero-order valence-electron chi connectivity index (χ0n) is 45.3. The zero-order valence-corrected chi connectivity index (χ0v) is 45.3. The molecule has 6 rings (SSSR count). The number of imide groups is 1. The molecule has 1 aromatic carbocycles. The summed E-state index contributed by atoms with van der Waals surface area (Å²) in [7, 11) is 4.67. The normalized spacial score (nSPS) is 21.9. The van der Waals surface area contributed by atoms with E-state index in [2.05, 4.69) is 20.9 Å². The predicted octanol–water partition coefficient (Wildman–Crippen LogP) is 2.38. The van der Waals surface area contributed by atoms with Gasteiger partial charge in [0.05, 0.1) is 88.8 Å². The van der Waals surface area contributed by atoms with E-state index in [0.29, 0.717) is 51.1 Å². The van der Waals surface area contributed by atoms with Gasteiger partial charge in [0.1, 0.15) is 23.8 Å². The van der Waals surface area contributed by atoms with Gasteiger partial charge in [-0.25, -0.2) is 9.48 Å². The predicted molar refractivity (Wildman–Crippen MR) is 275 cm³/mol. The SMILES string of the molecule is CC[C@H](C)[C@@H]([C@@H](CC(=O)N1CCC[C@H]1[C@H](OC)[C@@H](C)C(=O)N[C@@H](Cc1ccccc1)C(=O)O)OC)N(C)C(=O)[C@@H](NC(=O)[C@@H]1C2CC[C@@H](C2)N1C(=O)CCOCCOCCn1cc(CN2C(=O)C=CC2=O)nn1)C(C)C. The van der Waals surface area contributed by atoms with Crippen LogP contribution >= 0.6 is 0 Å². The van der Waals surface area contributed by atoms with Crippen molar-refractivity contribution in [2.75, 3.05) is 54.2 Å². The molecule has 3 fully saturated rings. The lowest BCUT2D eigenvalue weighted by Crippen LogP contribution is -2.60. The summed E-state index contributed by atoms with van der Waals surface area (Å²) in [4.78, 5) is 113. The Morgan fingerprint density at radius 3 is 2.22 bits per heavy atom. The molecule has 22 nitrogen and oxygen atoms in total. The van der Waals surface area contributed by atoms with Crippen LogP contribution in [0.2, 0.25) is 0 Å². The summed E-state index contributed by atoms with van der Waals surface area (Å²) in [6.07, 6.45) is 6.85. The molecule has 3 N–H and O–H groups in total. The van der Waals surface area contributed by atoms with E-state index < -0.39 is 72.0 Å². The van der Waals surface area contributed by atoms with Crippen LogP contribution in [0.5, 0.6) is 0 Å². The molecule has 11 atom stereocenters. The van der Waals surface area contributed by atoms with Gasteiger partial charge in [-0.05, 0) is 55.4 Å². The number of benzene rings is 1. The fourth-order valence-electron chi connectivity index (χ4n) is 11.4. The van der Waals surface area contributed by atoms with Gasteiger partial charge in [0.15, 0.2) is 0 Å². The molecule has 7 amide bonds. The summed E-state index contributed by atoms with van der Waals surface area (Å²) >= 11 is 0. The molecule has 1 unspecified atom stereocenters. The lowest BCUT2D eigenvalue weighted by molar-refractivity contribution is -0.149.